The first-order valence-corrected chi connectivity index (χ1v) is 10.9. The van der Waals surface area contributed by atoms with Crippen molar-refractivity contribution < 1.29 is 14.3 Å². The lowest BCUT2D eigenvalue weighted by Gasteiger charge is -2.31. The molecule has 0 saturated heterocycles. The monoisotopic (exact) mass is 467 g/mol. The molecule has 0 spiro atoms. The molecule has 4 nitrogen and oxygen atoms in total. The van der Waals surface area contributed by atoms with Crippen molar-refractivity contribution in [1.82, 2.24) is 4.90 Å². The largest absolute Gasteiger partial charge is 0.488 e. The van der Waals surface area contributed by atoms with Gasteiger partial charge in [-0.3, -0.25) is 4.90 Å². The van der Waals surface area contributed by atoms with Gasteiger partial charge >= 0.3 is 6.09 Å². The van der Waals surface area contributed by atoms with Gasteiger partial charge in [-0.2, -0.15) is 0 Å². The van der Waals surface area contributed by atoms with Crippen LogP contribution in [-0.4, -0.2) is 16.6 Å². The lowest BCUT2D eigenvalue weighted by atomic mass is 9.95. The molecule has 1 aliphatic heterocycles. The second-order valence-electron chi connectivity index (χ2n) is 8.71. The van der Waals surface area contributed by atoms with Gasteiger partial charge in [-0.15, -0.1) is 0 Å². The fourth-order valence-electron chi connectivity index (χ4n) is 3.81. The maximum atomic E-state index is 12.6. The van der Waals surface area contributed by atoms with Crippen molar-refractivity contribution in [3.8, 4) is 5.75 Å². The Bertz CT molecular complexity index is 1110. The van der Waals surface area contributed by atoms with Crippen molar-refractivity contribution in [1.29, 1.82) is 0 Å². The van der Waals surface area contributed by atoms with Gasteiger partial charge in [0.05, 0.1) is 0 Å². The standard InChI is InChI=1S/C25H26BrNO3/c1-16-19(8-6-10-21(16)26)15-29-22-12-11-18-14-27(24(28)30-25(2,3)4)13-17-7-5-9-20(22)23(17)18/h5-12H,13-15H2,1-4H3. The van der Waals surface area contributed by atoms with E-state index in [9.17, 15) is 4.79 Å². The molecule has 3 aromatic rings. The van der Waals surface area contributed by atoms with Crippen molar-refractivity contribution in [3.63, 3.8) is 0 Å². The third kappa shape index (κ3) is 4.17. The predicted molar refractivity (Wildman–Crippen MR) is 123 cm³/mol. The number of carbonyl (C=O) groups excluding carboxylic acids is 1. The number of benzene rings is 3. The number of hydrogen-bond donors (Lipinski definition) is 0. The zero-order valence-corrected chi connectivity index (χ0v) is 19.4. The number of rotatable bonds is 3. The van der Waals surface area contributed by atoms with Gasteiger partial charge < -0.3 is 9.47 Å². The van der Waals surface area contributed by atoms with Crippen LogP contribution in [0.4, 0.5) is 4.79 Å². The number of nitrogens with zero attached hydrogens (tertiary/aromatic N) is 1. The van der Waals surface area contributed by atoms with E-state index in [-0.39, 0.29) is 6.09 Å². The lowest BCUT2D eigenvalue weighted by molar-refractivity contribution is 0.0212. The number of halogens is 1. The number of amides is 1. The molecule has 0 saturated carbocycles. The molecule has 0 aliphatic carbocycles. The molecule has 0 bridgehead atoms. The Balaban J connectivity index is 1.61. The minimum atomic E-state index is -0.508. The van der Waals surface area contributed by atoms with E-state index in [0.717, 1.165) is 32.3 Å². The second kappa shape index (κ2) is 7.95. The average Bonchev–Trinajstić information content (AvgIpc) is 2.69. The SMILES string of the molecule is Cc1c(Br)cccc1COc1ccc2c3c(cccc13)CN(C(=O)OC(C)(C)C)C2. The van der Waals surface area contributed by atoms with E-state index in [2.05, 4.69) is 47.1 Å². The molecule has 0 unspecified atom stereocenters. The third-order valence-electron chi connectivity index (χ3n) is 5.31. The van der Waals surface area contributed by atoms with Crippen LogP contribution < -0.4 is 4.74 Å². The summed E-state index contributed by atoms with van der Waals surface area (Å²) in [6.45, 7) is 9.33. The summed E-state index contributed by atoms with van der Waals surface area (Å²) in [7, 11) is 0. The first-order valence-electron chi connectivity index (χ1n) is 10.1. The highest BCUT2D eigenvalue weighted by molar-refractivity contribution is 9.10. The van der Waals surface area contributed by atoms with Crippen LogP contribution in [0, 0.1) is 6.92 Å². The Morgan fingerprint density at radius 3 is 2.47 bits per heavy atom. The summed E-state index contributed by atoms with van der Waals surface area (Å²) in [5, 5.41) is 2.27. The molecular weight excluding hydrogens is 442 g/mol. The highest BCUT2D eigenvalue weighted by Gasteiger charge is 2.27. The molecule has 0 radical (unpaired) electrons. The first kappa shape index (κ1) is 20.7. The number of ether oxygens (including phenoxy) is 2. The quantitative estimate of drug-likeness (QED) is 0.427. The molecule has 156 valence electrons. The molecule has 0 aromatic heterocycles. The van der Waals surface area contributed by atoms with Crippen molar-refractivity contribution in [2.75, 3.05) is 0 Å². The van der Waals surface area contributed by atoms with Gasteiger partial charge in [0.25, 0.3) is 0 Å². The van der Waals surface area contributed by atoms with Gasteiger partial charge in [0.2, 0.25) is 0 Å². The van der Waals surface area contributed by atoms with Gasteiger partial charge in [0.1, 0.15) is 18.0 Å². The van der Waals surface area contributed by atoms with Crippen LogP contribution in [-0.2, 0) is 24.4 Å². The number of carbonyl (C=O) groups is 1. The Morgan fingerprint density at radius 1 is 1.03 bits per heavy atom. The normalized spacial score (nSPS) is 13.4. The van der Waals surface area contributed by atoms with Gasteiger partial charge in [0.15, 0.2) is 0 Å². The van der Waals surface area contributed by atoms with Gasteiger partial charge in [-0.25, -0.2) is 4.79 Å². The minimum Gasteiger partial charge on any atom is -0.488 e. The van der Waals surface area contributed by atoms with Crippen LogP contribution in [0.2, 0.25) is 0 Å². The molecule has 4 rings (SSSR count). The van der Waals surface area contributed by atoms with Crippen molar-refractivity contribution in [2.45, 2.75) is 53.0 Å². The molecule has 0 atom stereocenters. The van der Waals surface area contributed by atoms with Crippen LogP contribution in [0.3, 0.4) is 0 Å². The highest BCUT2D eigenvalue weighted by atomic mass is 79.9. The zero-order valence-electron chi connectivity index (χ0n) is 17.8. The molecule has 30 heavy (non-hydrogen) atoms. The highest BCUT2D eigenvalue weighted by Crippen LogP contribution is 2.36. The Kier molecular flexibility index (Phi) is 5.49. The average molecular weight is 468 g/mol. The Hall–Kier alpha value is -2.53. The Morgan fingerprint density at radius 2 is 1.73 bits per heavy atom. The summed E-state index contributed by atoms with van der Waals surface area (Å²) in [5.74, 6) is 0.862. The van der Waals surface area contributed by atoms with Gasteiger partial charge in [-0.05, 0) is 67.5 Å². The zero-order chi connectivity index (χ0) is 21.5. The van der Waals surface area contributed by atoms with E-state index in [0.29, 0.717) is 19.7 Å². The molecule has 1 heterocycles. The van der Waals surface area contributed by atoms with Crippen LogP contribution >= 0.6 is 15.9 Å². The maximum absolute atomic E-state index is 12.6. The van der Waals surface area contributed by atoms with Crippen LogP contribution in [0.15, 0.2) is 53.0 Å². The first-order chi connectivity index (χ1) is 14.2. The molecule has 1 aliphatic rings. The van der Waals surface area contributed by atoms with E-state index >= 15 is 0 Å². The van der Waals surface area contributed by atoms with E-state index < -0.39 is 5.60 Å². The van der Waals surface area contributed by atoms with E-state index in [4.69, 9.17) is 9.47 Å². The fourth-order valence-corrected chi connectivity index (χ4v) is 4.22. The lowest BCUT2D eigenvalue weighted by Crippen LogP contribution is -2.37. The van der Waals surface area contributed by atoms with Crippen molar-refractivity contribution in [2.24, 2.45) is 0 Å². The van der Waals surface area contributed by atoms with Crippen LogP contribution in [0.25, 0.3) is 10.8 Å². The van der Waals surface area contributed by atoms with E-state index in [1.165, 1.54) is 10.9 Å². The smallest absolute Gasteiger partial charge is 0.410 e. The molecule has 5 heteroatoms. The summed E-state index contributed by atoms with van der Waals surface area (Å²) in [6, 6.07) is 16.4. The van der Waals surface area contributed by atoms with Crippen LogP contribution in [0.5, 0.6) is 5.75 Å². The van der Waals surface area contributed by atoms with Gasteiger partial charge in [0, 0.05) is 22.9 Å². The summed E-state index contributed by atoms with van der Waals surface area (Å²) in [4.78, 5) is 14.4. The topological polar surface area (TPSA) is 38.8 Å². The molecule has 0 N–H and O–H groups in total. The molecule has 3 aromatic carbocycles. The minimum absolute atomic E-state index is 0.282. The maximum Gasteiger partial charge on any atom is 0.410 e. The van der Waals surface area contributed by atoms with E-state index in [1.54, 1.807) is 4.90 Å². The summed E-state index contributed by atoms with van der Waals surface area (Å²) >= 11 is 3.59. The summed E-state index contributed by atoms with van der Waals surface area (Å²) in [6.07, 6.45) is -0.282. The van der Waals surface area contributed by atoms with Crippen molar-refractivity contribution >= 4 is 32.8 Å². The molecule has 0 fully saturated rings. The van der Waals surface area contributed by atoms with E-state index in [1.807, 2.05) is 45.0 Å². The summed E-state index contributed by atoms with van der Waals surface area (Å²) in [5.41, 5.74) is 4.06. The Labute approximate surface area is 185 Å². The predicted octanol–water partition coefficient (Wildman–Crippen LogP) is 6.74. The van der Waals surface area contributed by atoms with Gasteiger partial charge in [-0.1, -0.05) is 52.3 Å². The fraction of sp³-hybridized carbons (Fsp3) is 0.320. The third-order valence-corrected chi connectivity index (χ3v) is 6.17. The molecular formula is C25H26BrNO3. The second-order valence-corrected chi connectivity index (χ2v) is 9.57. The summed E-state index contributed by atoms with van der Waals surface area (Å²) < 4.78 is 12.9. The van der Waals surface area contributed by atoms with Crippen LogP contribution in [0.1, 0.15) is 43.0 Å². The molecule has 1 amide bonds. The van der Waals surface area contributed by atoms with Crippen molar-refractivity contribution in [3.05, 3.63) is 75.3 Å². The number of hydrogen-bond acceptors (Lipinski definition) is 3.